The van der Waals surface area contributed by atoms with E-state index in [0.717, 1.165) is 25.3 Å². The first-order valence-electron chi connectivity index (χ1n) is 7.30. The fourth-order valence-corrected chi connectivity index (χ4v) is 3.30. The van der Waals surface area contributed by atoms with Crippen LogP contribution in [0.2, 0.25) is 0 Å². The predicted molar refractivity (Wildman–Crippen MR) is 74.1 cm³/mol. The Hall–Kier alpha value is -0.0800. The summed E-state index contributed by atoms with van der Waals surface area (Å²) in [5, 5.41) is 9.93. The lowest BCUT2D eigenvalue weighted by atomic mass is 9.66. The number of hydrogen-bond acceptors (Lipinski definition) is 2. The second-order valence-electron chi connectivity index (χ2n) is 6.46. The molecule has 0 spiro atoms. The van der Waals surface area contributed by atoms with E-state index < -0.39 is 0 Å². The summed E-state index contributed by atoms with van der Waals surface area (Å²) >= 11 is 0. The molecule has 0 aromatic carbocycles. The second-order valence-corrected chi connectivity index (χ2v) is 6.46. The van der Waals surface area contributed by atoms with E-state index in [2.05, 4.69) is 39.6 Å². The summed E-state index contributed by atoms with van der Waals surface area (Å²) in [6, 6.07) is 0.564. The lowest BCUT2D eigenvalue weighted by Gasteiger charge is -2.47. The van der Waals surface area contributed by atoms with Gasteiger partial charge >= 0.3 is 0 Å². The molecule has 2 nitrogen and oxygen atoms in total. The minimum atomic E-state index is -0.0804. The number of hydrogen-bond donors (Lipinski definition) is 1. The van der Waals surface area contributed by atoms with Crippen molar-refractivity contribution in [3.8, 4) is 0 Å². The Bertz CT molecular complexity index is 227. The molecule has 1 fully saturated rings. The molecule has 0 aromatic heterocycles. The highest BCUT2D eigenvalue weighted by molar-refractivity contribution is 4.92. The van der Waals surface area contributed by atoms with E-state index in [1.54, 1.807) is 0 Å². The molecular formula is C15H31NO. The average Bonchev–Trinajstić information content (AvgIpc) is 2.29. The van der Waals surface area contributed by atoms with E-state index in [0.29, 0.717) is 11.5 Å². The number of nitrogens with zero attached hydrogens (tertiary/aromatic N) is 1. The maximum atomic E-state index is 9.93. The molecular weight excluding hydrogens is 210 g/mol. The summed E-state index contributed by atoms with van der Waals surface area (Å²) in [7, 11) is 2.23. The molecule has 1 saturated carbocycles. The third-order valence-electron chi connectivity index (χ3n) is 4.85. The lowest BCUT2D eigenvalue weighted by molar-refractivity contribution is -0.00907. The maximum Gasteiger partial charge on any atom is 0.0555 e. The molecule has 0 aromatic rings. The standard InChI is InChI=1S/C15H31NO/c1-6-10-16(5)14-11-12(17)8-9-13(14)15(3,4)7-2/h12-14,17H,6-11H2,1-5H3. The van der Waals surface area contributed by atoms with Crippen LogP contribution in [-0.2, 0) is 0 Å². The van der Waals surface area contributed by atoms with Crippen molar-refractivity contribution in [2.24, 2.45) is 11.3 Å². The number of aliphatic hydroxyl groups is 1. The van der Waals surface area contributed by atoms with E-state index in [9.17, 15) is 5.11 Å². The summed E-state index contributed by atoms with van der Waals surface area (Å²) in [5.74, 6) is 0.729. The van der Waals surface area contributed by atoms with Gasteiger partial charge in [0.25, 0.3) is 0 Å². The van der Waals surface area contributed by atoms with Gasteiger partial charge in [-0.25, -0.2) is 0 Å². The van der Waals surface area contributed by atoms with Crippen LogP contribution < -0.4 is 0 Å². The van der Waals surface area contributed by atoms with Crippen molar-refractivity contribution in [2.45, 2.75) is 71.9 Å². The Morgan fingerprint density at radius 2 is 1.88 bits per heavy atom. The fraction of sp³-hybridized carbons (Fsp3) is 1.00. The van der Waals surface area contributed by atoms with Gasteiger partial charge in [0.2, 0.25) is 0 Å². The zero-order chi connectivity index (χ0) is 13.1. The van der Waals surface area contributed by atoms with Gasteiger partial charge in [-0.2, -0.15) is 0 Å². The smallest absolute Gasteiger partial charge is 0.0555 e. The van der Waals surface area contributed by atoms with Crippen LogP contribution in [0.15, 0.2) is 0 Å². The molecule has 0 aliphatic heterocycles. The van der Waals surface area contributed by atoms with Gasteiger partial charge in [0, 0.05) is 6.04 Å². The quantitative estimate of drug-likeness (QED) is 0.798. The van der Waals surface area contributed by atoms with Crippen LogP contribution in [0.25, 0.3) is 0 Å². The molecule has 102 valence electrons. The van der Waals surface area contributed by atoms with Crippen LogP contribution in [0.5, 0.6) is 0 Å². The summed E-state index contributed by atoms with van der Waals surface area (Å²) in [6.45, 7) is 10.5. The van der Waals surface area contributed by atoms with Crippen molar-refractivity contribution < 1.29 is 5.11 Å². The summed E-state index contributed by atoms with van der Waals surface area (Å²) in [5.41, 5.74) is 0.396. The Kier molecular flexibility index (Phi) is 5.46. The van der Waals surface area contributed by atoms with E-state index in [4.69, 9.17) is 0 Å². The highest BCUT2D eigenvalue weighted by Crippen LogP contribution is 2.42. The van der Waals surface area contributed by atoms with Crippen molar-refractivity contribution >= 4 is 0 Å². The molecule has 1 rings (SSSR count). The van der Waals surface area contributed by atoms with Crippen molar-refractivity contribution in [3.63, 3.8) is 0 Å². The van der Waals surface area contributed by atoms with Gasteiger partial charge in [-0.1, -0.05) is 34.1 Å². The second kappa shape index (κ2) is 6.19. The van der Waals surface area contributed by atoms with Crippen molar-refractivity contribution in [2.75, 3.05) is 13.6 Å². The highest BCUT2D eigenvalue weighted by atomic mass is 16.3. The third-order valence-corrected chi connectivity index (χ3v) is 4.85. The number of rotatable bonds is 5. The first-order chi connectivity index (χ1) is 7.92. The van der Waals surface area contributed by atoms with Crippen LogP contribution in [0.1, 0.15) is 59.8 Å². The van der Waals surface area contributed by atoms with Gasteiger partial charge in [-0.3, -0.25) is 0 Å². The van der Waals surface area contributed by atoms with Gasteiger partial charge in [0.15, 0.2) is 0 Å². The first kappa shape index (κ1) is 15.0. The Morgan fingerprint density at radius 3 is 2.41 bits per heavy atom. The minimum Gasteiger partial charge on any atom is -0.393 e. The van der Waals surface area contributed by atoms with E-state index >= 15 is 0 Å². The molecule has 0 amide bonds. The van der Waals surface area contributed by atoms with Crippen LogP contribution in [0.4, 0.5) is 0 Å². The van der Waals surface area contributed by atoms with Gasteiger partial charge in [0.05, 0.1) is 6.10 Å². The van der Waals surface area contributed by atoms with Gasteiger partial charge in [-0.05, 0) is 50.6 Å². The van der Waals surface area contributed by atoms with Gasteiger partial charge in [-0.15, -0.1) is 0 Å². The van der Waals surface area contributed by atoms with E-state index in [-0.39, 0.29) is 6.10 Å². The van der Waals surface area contributed by atoms with Crippen LogP contribution >= 0.6 is 0 Å². The molecule has 1 aliphatic rings. The highest BCUT2D eigenvalue weighted by Gasteiger charge is 2.39. The Labute approximate surface area is 107 Å². The monoisotopic (exact) mass is 241 g/mol. The molecule has 3 unspecified atom stereocenters. The SMILES string of the molecule is CCCN(C)C1CC(O)CCC1C(C)(C)CC. The van der Waals surface area contributed by atoms with Crippen molar-refractivity contribution in [1.82, 2.24) is 4.90 Å². The number of aliphatic hydroxyl groups excluding tert-OH is 1. The molecule has 0 heterocycles. The largest absolute Gasteiger partial charge is 0.393 e. The molecule has 1 aliphatic carbocycles. The maximum absolute atomic E-state index is 9.93. The van der Waals surface area contributed by atoms with Crippen LogP contribution in [-0.4, -0.2) is 35.7 Å². The third kappa shape index (κ3) is 3.69. The summed E-state index contributed by atoms with van der Waals surface area (Å²) < 4.78 is 0. The molecule has 17 heavy (non-hydrogen) atoms. The average molecular weight is 241 g/mol. The van der Waals surface area contributed by atoms with E-state index in [1.807, 2.05) is 0 Å². The zero-order valence-corrected chi connectivity index (χ0v) is 12.4. The molecule has 2 heteroatoms. The summed E-state index contributed by atoms with van der Waals surface area (Å²) in [4.78, 5) is 2.48. The minimum absolute atomic E-state index is 0.0804. The van der Waals surface area contributed by atoms with Gasteiger partial charge < -0.3 is 10.0 Å². The molecule has 0 bridgehead atoms. The van der Waals surface area contributed by atoms with E-state index in [1.165, 1.54) is 19.3 Å². The fourth-order valence-electron chi connectivity index (χ4n) is 3.30. The van der Waals surface area contributed by atoms with Gasteiger partial charge in [0.1, 0.15) is 0 Å². The zero-order valence-electron chi connectivity index (χ0n) is 12.4. The molecule has 0 saturated heterocycles. The topological polar surface area (TPSA) is 23.5 Å². The van der Waals surface area contributed by atoms with Crippen LogP contribution in [0.3, 0.4) is 0 Å². The lowest BCUT2D eigenvalue weighted by Crippen LogP contribution is -2.49. The molecule has 0 radical (unpaired) electrons. The normalized spacial score (nSPS) is 30.9. The predicted octanol–water partition coefficient (Wildman–Crippen LogP) is 3.29. The Morgan fingerprint density at radius 1 is 1.24 bits per heavy atom. The van der Waals surface area contributed by atoms with Crippen LogP contribution in [0, 0.1) is 11.3 Å². The summed E-state index contributed by atoms with van der Waals surface area (Å²) in [6.07, 6.45) is 5.48. The molecule has 1 N–H and O–H groups in total. The van der Waals surface area contributed by atoms with Crippen molar-refractivity contribution in [1.29, 1.82) is 0 Å². The molecule has 3 atom stereocenters. The van der Waals surface area contributed by atoms with Crippen molar-refractivity contribution in [3.05, 3.63) is 0 Å². The Balaban J connectivity index is 2.78. The first-order valence-corrected chi connectivity index (χ1v) is 7.30.